The molecule has 1 aromatic carbocycles. The van der Waals surface area contributed by atoms with Crippen LogP contribution in [0, 0.1) is 6.92 Å². The summed E-state index contributed by atoms with van der Waals surface area (Å²) >= 11 is 5.18. The van der Waals surface area contributed by atoms with Crippen molar-refractivity contribution in [1.29, 1.82) is 0 Å². The predicted molar refractivity (Wildman–Crippen MR) is 80.0 cm³/mol. The summed E-state index contributed by atoms with van der Waals surface area (Å²) < 4.78 is 12.8. The summed E-state index contributed by atoms with van der Waals surface area (Å²) in [6, 6.07) is 9.56. The van der Waals surface area contributed by atoms with Gasteiger partial charge in [0.15, 0.2) is 17.6 Å². The van der Waals surface area contributed by atoms with E-state index in [2.05, 4.69) is 28.9 Å². The van der Waals surface area contributed by atoms with Gasteiger partial charge in [-0.2, -0.15) is 0 Å². The third-order valence-corrected chi connectivity index (χ3v) is 4.79. The summed E-state index contributed by atoms with van der Waals surface area (Å²) in [4.78, 5) is 1.21. The van der Waals surface area contributed by atoms with Gasteiger partial charge in [-0.3, -0.25) is 0 Å². The van der Waals surface area contributed by atoms with Crippen LogP contribution in [0.25, 0.3) is 0 Å². The number of thiophene rings is 1. The zero-order chi connectivity index (χ0) is 13.4. The second kappa shape index (κ2) is 5.15. The van der Waals surface area contributed by atoms with Crippen LogP contribution in [0.5, 0.6) is 11.5 Å². The third kappa shape index (κ3) is 2.50. The van der Waals surface area contributed by atoms with Crippen LogP contribution in [0.15, 0.2) is 34.1 Å². The molecule has 0 saturated heterocycles. The van der Waals surface area contributed by atoms with Gasteiger partial charge in [0.1, 0.15) is 6.61 Å². The Labute approximate surface area is 124 Å². The molecular weight excluding hydrogens is 326 g/mol. The van der Waals surface area contributed by atoms with E-state index < -0.39 is 0 Å². The van der Waals surface area contributed by atoms with Gasteiger partial charge >= 0.3 is 0 Å². The molecule has 1 aliphatic rings. The molecular formula is C14H14BrNO2S. The van der Waals surface area contributed by atoms with Crippen molar-refractivity contribution in [3.8, 4) is 11.5 Å². The number of nitrogens with two attached hydrogens (primary N) is 1. The van der Waals surface area contributed by atoms with E-state index >= 15 is 0 Å². The quantitative estimate of drug-likeness (QED) is 0.907. The standard InChI is InChI=1S/C14H14BrNO2S/c1-8-9(6-13(15)19-8)14(16)12-7-17-10-4-2-3-5-11(10)18-12/h2-6,12,14H,7,16H2,1H3. The SMILES string of the molecule is Cc1sc(Br)cc1C(N)C1COc2ccccc2O1. The van der Waals surface area contributed by atoms with Crippen LogP contribution in [0.2, 0.25) is 0 Å². The molecule has 2 N–H and O–H groups in total. The van der Waals surface area contributed by atoms with Gasteiger partial charge in [0, 0.05) is 4.88 Å². The molecule has 1 aromatic heterocycles. The Morgan fingerprint density at radius 3 is 2.79 bits per heavy atom. The van der Waals surface area contributed by atoms with Crippen LogP contribution in [-0.2, 0) is 0 Å². The molecule has 2 atom stereocenters. The van der Waals surface area contributed by atoms with Gasteiger partial charge in [-0.25, -0.2) is 0 Å². The number of aryl methyl sites for hydroxylation is 1. The van der Waals surface area contributed by atoms with Crippen molar-refractivity contribution < 1.29 is 9.47 Å². The molecule has 5 heteroatoms. The molecule has 0 saturated carbocycles. The number of hydrogen-bond acceptors (Lipinski definition) is 4. The molecule has 2 heterocycles. The summed E-state index contributed by atoms with van der Waals surface area (Å²) in [5.41, 5.74) is 7.44. The lowest BCUT2D eigenvalue weighted by molar-refractivity contribution is 0.0721. The first-order chi connectivity index (χ1) is 9.15. The molecule has 2 aromatic rings. The average Bonchev–Trinajstić information content (AvgIpc) is 2.76. The molecule has 1 aliphatic heterocycles. The van der Waals surface area contributed by atoms with E-state index in [1.54, 1.807) is 11.3 Å². The van der Waals surface area contributed by atoms with Crippen molar-refractivity contribution in [2.24, 2.45) is 5.73 Å². The number of fused-ring (bicyclic) bond motifs is 1. The molecule has 3 nitrogen and oxygen atoms in total. The Morgan fingerprint density at radius 1 is 1.37 bits per heavy atom. The van der Waals surface area contributed by atoms with Gasteiger partial charge in [0.05, 0.1) is 9.83 Å². The van der Waals surface area contributed by atoms with E-state index in [4.69, 9.17) is 15.2 Å². The van der Waals surface area contributed by atoms with E-state index in [-0.39, 0.29) is 12.1 Å². The first-order valence-electron chi connectivity index (χ1n) is 6.05. The topological polar surface area (TPSA) is 44.5 Å². The smallest absolute Gasteiger partial charge is 0.161 e. The monoisotopic (exact) mass is 339 g/mol. The lowest BCUT2D eigenvalue weighted by Crippen LogP contribution is -2.39. The molecule has 0 radical (unpaired) electrons. The largest absolute Gasteiger partial charge is 0.486 e. The van der Waals surface area contributed by atoms with E-state index in [1.165, 1.54) is 4.88 Å². The maximum atomic E-state index is 6.32. The van der Waals surface area contributed by atoms with Gasteiger partial charge < -0.3 is 15.2 Å². The van der Waals surface area contributed by atoms with E-state index in [9.17, 15) is 0 Å². The summed E-state index contributed by atoms with van der Waals surface area (Å²) in [5.74, 6) is 1.55. The van der Waals surface area contributed by atoms with Crippen molar-refractivity contribution in [3.63, 3.8) is 0 Å². The Bertz CT molecular complexity index is 599. The zero-order valence-electron chi connectivity index (χ0n) is 10.4. The molecule has 19 heavy (non-hydrogen) atoms. The van der Waals surface area contributed by atoms with E-state index in [0.29, 0.717) is 6.61 Å². The van der Waals surface area contributed by atoms with Crippen LogP contribution in [0.4, 0.5) is 0 Å². The predicted octanol–water partition coefficient (Wildman–Crippen LogP) is 3.66. The fourth-order valence-corrected chi connectivity index (χ4v) is 3.97. The number of ether oxygens (including phenoxy) is 2. The lowest BCUT2D eigenvalue weighted by Gasteiger charge is -2.30. The van der Waals surface area contributed by atoms with Crippen LogP contribution in [0.3, 0.4) is 0 Å². The zero-order valence-corrected chi connectivity index (χ0v) is 12.8. The van der Waals surface area contributed by atoms with Crippen molar-refractivity contribution in [1.82, 2.24) is 0 Å². The van der Waals surface area contributed by atoms with Crippen LogP contribution in [0.1, 0.15) is 16.5 Å². The highest BCUT2D eigenvalue weighted by atomic mass is 79.9. The third-order valence-electron chi connectivity index (χ3n) is 3.22. The lowest BCUT2D eigenvalue weighted by atomic mass is 10.0. The van der Waals surface area contributed by atoms with Gasteiger partial charge in [0.2, 0.25) is 0 Å². The van der Waals surface area contributed by atoms with Gasteiger partial charge in [-0.15, -0.1) is 11.3 Å². The molecule has 3 rings (SSSR count). The Morgan fingerprint density at radius 2 is 2.11 bits per heavy atom. The van der Waals surface area contributed by atoms with Crippen LogP contribution in [-0.4, -0.2) is 12.7 Å². The first kappa shape index (κ1) is 13.0. The Hall–Kier alpha value is -1.04. The summed E-state index contributed by atoms with van der Waals surface area (Å²) in [7, 11) is 0. The molecule has 0 aliphatic carbocycles. The second-order valence-corrected chi connectivity index (χ2v) is 7.14. The number of hydrogen-bond donors (Lipinski definition) is 1. The second-order valence-electron chi connectivity index (χ2n) is 4.50. The number of rotatable bonds is 2. The minimum atomic E-state index is -0.184. The minimum Gasteiger partial charge on any atom is -0.486 e. The molecule has 0 bridgehead atoms. The fraction of sp³-hybridized carbons (Fsp3) is 0.286. The maximum Gasteiger partial charge on any atom is 0.161 e. The maximum absolute atomic E-state index is 6.32. The number of para-hydroxylation sites is 2. The highest BCUT2D eigenvalue weighted by Gasteiger charge is 2.29. The van der Waals surface area contributed by atoms with E-state index in [0.717, 1.165) is 20.8 Å². The molecule has 100 valence electrons. The van der Waals surface area contributed by atoms with Gasteiger partial charge in [-0.1, -0.05) is 12.1 Å². The Balaban J connectivity index is 1.83. The van der Waals surface area contributed by atoms with Crippen molar-refractivity contribution in [3.05, 3.63) is 44.6 Å². The normalized spacial score (nSPS) is 19.2. The molecule has 2 unspecified atom stereocenters. The van der Waals surface area contributed by atoms with Crippen molar-refractivity contribution in [2.75, 3.05) is 6.61 Å². The number of halogens is 1. The van der Waals surface area contributed by atoms with Crippen molar-refractivity contribution in [2.45, 2.75) is 19.1 Å². The minimum absolute atomic E-state index is 0.157. The van der Waals surface area contributed by atoms with E-state index in [1.807, 2.05) is 24.3 Å². The first-order valence-corrected chi connectivity index (χ1v) is 7.66. The van der Waals surface area contributed by atoms with Crippen LogP contribution < -0.4 is 15.2 Å². The van der Waals surface area contributed by atoms with Gasteiger partial charge in [0.25, 0.3) is 0 Å². The van der Waals surface area contributed by atoms with Gasteiger partial charge in [-0.05, 0) is 46.6 Å². The summed E-state index contributed by atoms with van der Waals surface area (Å²) in [6.07, 6.45) is -0.157. The molecule has 0 spiro atoms. The molecule has 0 fully saturated rings. The van der Waals surface area contributed by atoms with Crippen molar-refractivity contribution >= 4 is 27.3 Å². The highest BCUT2D eigenvalue weighted by molar-refractivity contribution is 9.11. The summed E-state index contributed by atoms with van der Waals surface area (Å²) in [6.45, 7) is 2.55. The molecule has 0 amide bonds. The highest BCUT2D eigenvalue weighted by Crippen LogP contribution is 2.36. The number of benzene rings is 1. The summed E-state index contributed by atoms with van der Waals surface area (Å²) in [5, 5.41) is 0. The van der Waals surface area contributed by atoms with Crippen LogP contribution >= 0.6 is 27.3 Å². The fourth-order valence-electron chi connectivity index (χ4n) is 2.20. The Kier molecular flexibility index (Phi) is 3.52. The average molecular weight is 340 g/mol.